The third-order valence-corrected chi connectivity index (χ3v) is 3.24. The van der Waals surface area contributed by atoms with E-state index in [1.807, 2.05) is 29.7 Å². The first-order valence-corrected chi connectivity index (χ1v) is 7.04. The molecule has 0 saturated carbocycles. The molecular weight excluding hydrogens is 270 g/mol. The molecule has 0 fully saturated rings. The van der Waals surface area contributed by atoms with Gasteiger partial charge in [-0.2, -0.15) is 4.98 Å². The summed E-state index contributed by atoms with van der Waals surface area (Å²) in [6.45, 7) is 3.12. The second-order valence-electron chi connectivity index (χ2n) is 4.70. The van der Waals surface area contributed by atoms with Crippen molar-refractivity contribution in [2.24, 2.45) is 0 Å². The number of nitrogens with one attached hydrogen (secondary N) is 1. The highest BCUT2D eigenvalue weighted by atomic mass is 16.5. The minimum Gasteiger partial charge on any atom is -0.497 e. The average molecular weight is 291 g/mol. The number of carbonyl (C=O) groups excluding carboxylic acids is 1. The highest BCUT2D eigenvalue weighted by Gasteiger charge is 2.12. The Morgan fingerprint density at radius 3 is 2.81 bits per heavy atom. The lowest BCUT2D eigenvalue weighted by atomic mass is 10.3. The highest BCUT2D eigenvalue weighted by Crippen LogP contribution is 2.25. The van der Waals surface area contributed by atoms with Crippen molar-refractivity contribution < 1.29 is 14.3 Å². The Morgan fingerprint density at radius 2 is 2.14 bits per heavy atom. The molecule has 2 aromatic rings. The van der Waals surface area contributed by atoms with E-state index in [2.05, 4.69) is 10.3 Å². The van der Waals surface area contributed by atoms with E-state index in [0.717, 1.165) is 23.2 Å². The number of fused-ring (bicyclic) bond motifs is 1. The van der Waals surface area contributed by atoms with Gasteiger partial charge in [0.05, 0.1) is 25.3 Å². The van der Waals surface area contributed by atoms with Crippen LogP contribution in [0.1, 0.15) is 19.8 Å². The molecule has 0 aliphatic rings. The Hall–Kier alpha value is -2.24. The van der Waals surface area contributed by atoms with Crippen molar-refractivity contribution in [2.75, 3.05) is 20.8 Å². The fourth-order valence-electron chi connectivity index (χ4n) is 2.20. The second-order valence-corrected chi connectivity index (χ2v) is 4.70. The SMILES string of the molecule is CCCC(=O)NCCn1c(OC)nc2ccc(OC)cc21. The molecule has 1 heterocycles. The number of benzene rings is 1. The summed E-state index contributed by atoms with van der Waals surface area (Å²) in [4.78, 5) is 15.9. The van der Waals surface area contributed by atoms with Gasteiger partial charge in [0, 0.05) is 25.6 Å². The van der Waals surface area contributed by atoms with Gasteiger partial charge in [-0.25, -0.2) is 0 Å². The lowest BCUT2D eigenvalue weighted by Gasteiger charge is -2.09. The predicted octanol–water partition coefficient (Wildman–Crippen LogP) is 1.97. The van der Waals surface area contributed by atoms with Crippen LogP contribution in [-0.2, 0) is 11.3 Å². The fraction of sp³-hybridized carbons (Fsp3) is 0.467. The van der Waals surface area contributed by atoms with Crippen molar-refractivity contribution in [1.29, 1.82) is 0 Å². The Kier molecular flexibility index (Phi) is 5.03. The molecule has 1 amide bonds. The van der Waals surface area contributed by atoms with Crippen LogP contribution in [0.2, 0.25) is 0 Å². The molecule has 0 aliphatic heterocycles. The van der Waals surface area contributed by atoms with Gasteiger partial charge in [0.2, 0.25) is 5.91 Å². The third kappa shape index (κ3) is 3.45. The number of imidazole rings is 1. The normalized spacial score (nSPS) is 10.6. The van der Waals surface area contributed by atoms with Crippen molar-refractivity contribution in [3.05, 3.63) is 18.2 Å². The standard InChI is InChI=1S/C15H21N3O3/c1-4-5-14(19)16-8-9-18-13-10-11(20-2)6-7-12(13)17-15(18)21-3/h6-7,10H,4-5,8-9H2,1-3H3,(H,16,19). The molecule has 114 valence electrons. The van der Waals surface area contributed by atoms with Crippen LogP contribution < -0.4 is 14.8 Å². The molecular formula is C15H21N3O3. The summed E-state index contributed by atoms with van der Waals surface area (Å²) in [5.41, 5.74) is 1.77. The second kappa shape index (κ2) is 6.97. The number of methoxy groups -OCH3 is 2. The van der Waals surface area contributed by atoms with E-state index in [9.17, 15) is 4.79 Å². The van der Waals surface area contributed by atoms with Crippen LogP contribution in [-0.4, -0.2) is 36.2 Å². The maximum absolute atomic E-state index is 11.5. The zero-order valence-corrected chi connectivity index (χ0v) is 12.7. The number of rotatable bonds is 7. The molecule has 6 nitrogen and oxygen atoms in total. The first-order chi connectivity index (χ1) is 10.2. The Labute approximate surface area is 124 Å². The number of ether oxygens (including phenoxy) is 2. The number of carbonyl (C=O) groups is 1. The van der Waals surface area contributed by atoms with E-state index in [-0.39, 0.29) is 5.91 Å². The van der Waals surface area contributed by atoms with Gasteiger partial charge < -0.3 is 14.8 Å². The van der Waals surface area contributed by atoms with Gasteiger partial charge in [-0.1, -0.05) is 6.92 Å². The Morgan fingerprint density at radius 1 is 1.33 bits per heavy atom. The molecule has 0 saturated heterocycles. The minimum absolute atomic E-state index is 0.0680. The quantitative estimate of drug-likeness (QED) is 0.847. The largest absolute Gasteiger partial charge is 0.497 e. The van der Waals surface area contributed by atoms with E-state index in [1.54, 1.807) is 14.2 Å². The molecule has 6 heteroatoms. The van der Waals surface area contributed by atoms with Crippen molar-refractivity contribution in [3.63, 3.8) is 0 Å². The molecule has 21 heavy (non-hydrogen) atoms. The fourth-order valence-corrected chi connectivity index (χ4v) is 2.20. The Bertz CT molecular complexity index is 622. The Balaban J connectivity index is 2.18. The molecule has 0 radical (unpaired) electrons. The maximum atomic E-state index is 11.5. The summed E-state index contributed by atoms with van der Waals surface area (Å²) in [5, 5.41) is 2.89. The minimum atomic E-state index is 0.0680. The van der Waals surface area contributed by atoms with E-state index in [0.29, 0.717) is 25.5 Å². The van der Waals surface area contributed by atoms with E-state index in [4.69, 9.17) is 9.47 Å². The maximum Gasteiger partial charge on any atom is 0.297 e. The lowest BCUT2D eigenvalue weighted by Crippen LogP contribution is -2.26. The molecule has 0 bridgehead atoms. The van der Waals surface area contributed by atoms with Gasteiger partial charge in [-0.05, 0) is 18.6 Å². The number of nitrogens with zero attached hydrogens (tertiary/aromatic N) is 2. The first-order valence-electron chi connectivity index (χ1n) is 7.04. The first kappa shape index (κ1) is 15.2. The van der Waals surface area contributed by atoms with Crippen molar-refractivity contribution in [3.8, 4) is 11.8 Å². The summed E-state index contributed by atoms with van der Waals surface area (Å²) < 4.78 is 12.5. The van der Waals surface area contributed by atoms with Gasteiger partial charge in [-0.3, -0.25) is 9.36 Å². The zero-order valence-electron chi connectivity index (χ0n) is 12.7. The van der Waals surface area contributed by atoms with Gasteiger partial charge >= 0.3 is 0 Å². The predicted molar refractivity (Wildman–Crippen MR) is 80.8 cm³/mol. The smallest absolute Gasteiger partial charge is 0.297 e. The van der Waals surface area contributed by atoms with Crippen LogP contribution in [0.3, 0.4) is 0 Å². The molecule has 0 spiro atoms. The van der Waals surface area contributed by atoms with Gasteiger partial charge in [0.15, 0.2) is 0 Å². The summed E-state index contributed by atoms with van der Waals surface area (Å²) in [5.74, 6) is 0.833. The highest BCUT2D eigenvalue weighted by molar-refractivity contribution is 5.78. The van der Waals surface area contributed by atoms with Crippen molar-refractivity contribution in [1.82, 2.24) is 14.9 Å². The van der Waals surface area contributed by atoms with Crippen LogP contribution >= 0.6 is 0 Å². The van der Waals surface area contributed by atoms with Crippen molar-refractivity contribution in [2.45, 2.75) is 26.3 Å². The van der Waals surface area contributed by atoms with Crippen molar-refractivity contribution >= 4 is 16.9 Å². The number of hydrogen-bond donors (Lipinski definition) is 1. The van der Waals surface area contributed by atoms with Gasteiger partial charge in [0.25, 0.3) is 6.01 Å². The zero-order chi connectivity index (χ0) is 15.2. The summed E-state index contributed by atoms with van der Waals surface area (Å²) in [6, 6.07) is 6.20. The summed E-state index contributed by atoms with van der Waals surface area (Å²) >= 11 is 0. The van der Waals surface area contributed by atoms with Crippen LogP contribution in [0.4, 0.5) is 0 Å². The third-order valence-electron chi connectivity index (χ3n) is 3.24. The summed E-state index contributed by atoms with van der Waals surface area (Å²) in [6.07, 6.45) is 1.40. The molecule has 1 aromatic heterocycles. The monoisotopic (exact) mass is 291 g/mol. The van der Waals surface area contributed by atoms with E-state index >= 15 is 0 Å². The molecule has 0 atom stereocenters. The van der Waals surface area contributed by atoms with Crippen LogP contribution in [0.15, 0.2) is 18.2 Å². The summed E-state index contributed by atoms with van der Waals surface area (Å²) in [7, 11) is 3.22. The molecule has 2 rings (SSSR count). The molecule has 1 N–H and O–H groups in total. The molecule has 1 aromatic carbocycles. The topological polar surface area (TPSA) is 65.4 Å². The van der Waals surface area contributed by atoms with E-state index in [1.165, 1.54) is 0 Å². The van der Waals surface area contributed by atoms with Gasteiger partial charge in [-0.15, -0.1) is 0 Å². The van der Waals surface area contributed by atoms with Crippen LogP contribution in [0.5, 0.6) is 11.8 Å². The number of hydrogen-bond acceptors (Lipinski definition) is 4. The number of amides is 1. The molecule has 0 unspecified atom stereocenters. The van der Waals surface area contributed by atoms with Crippen LogP contribution in [0, 0.1) is 0 Å². The lowest BCUT2D eigenvalue weighted by molar-refractivity contribution is -0.121. The van der Waals surface area contributed by atoms with E-state index < -0.39 is 0 Å². The van der Waals surface area contributed by atoms with Crippen LogP contribution in [0.25, 0.3) is 11.0 Å². The average Bonchev–Trinajstić information content (AvgIpc) is 2.84. The number of aromatic nitrogens is 2. The van der Waals surface area contributed by atoms with Gasteiger partial charge in [0.1, 0.15) is 5.75 Å². The molecule has 0 aliphatic carbocycles.